The Morgan fingerprint density at radius 1 is 0.943 bits per heavy atom. The van der Waals surface area contributed by atoms with E-state index in [1.165, 1.54) is 43.2 Å². The molecule has 5 nitrogen and oxygen atoms in total. The Balaban J connectivity index is 0.00000141. The van der Waals surface area contributed by atoms with Crippen molar-refractivity contribution in [2.24, 2.45) is 5.92 Å². The molecular weight excluding hydrogens is 436 g/mol. The molecule has 5 rings (SSSR count). The van der Waals surface area contributed by atoms with Crippen molar-refractivity contribution in [3.63, 3.8) is 0 Å². The highest BCUT2D eigenvalue weighted by Crippen LogP contribution is 2.39. The van der Waals surface area contributed by atoms with E-state index >= 15 is 0 Å². The van der Waals surface area contributed by atoms with Crippen molar-refractivity contribution < 1.29 is 14.3 Å². The summed E-state index contributed by atoms with van der Waals surface area (Å²) >= 11 is 0. The number of anilines is 2. The van der Waals surface area contributed by atoms with Crippen LogP contribution in [0.15, 0.2) is 72.8 Å². The van der Waals surface area contributed by atoms with Gasteiger partial charge in [-0.15, -0.1) is 0 Å². The summed E-state index contributed by atoms with van der Waals surface area (Å²) < 4.78 is 5.93. The summed E-state index contributed by atoms with van der Waals surface area (Å²) in [6, 6.07) is 24.6. The summed E-state index contributed by atoms with van der Waals surface area (Å²) in [5, 5.41) is 2.97. The van der Waals surface area contributed by atoms with Gasteiger partial charge in [0, 0.05) is 5.69 Å². The van der Waals surface area contributed by atoms with Crippen molar-refractivity contribution in [2.75, 3.05) is 23.4 Å². The molecule has 0 atom stereocenters. The number of hydrogen-bond donors (Lipinski definition) is 1. The molecule has 2 aliphatic rings. The van der Waals surface area contributed by atoms with E-state index in [0.717, 1.165) is 28.6 Å². The summed E-state index contributed by atoms with van der Waals surface area (Å²) in [6.07, 6.45) is 6.66. The molecule has 3 aromatic rings. The summed E-state index contributed by atoms with van der Waals surface area (Å²) in [4.78, 5) is 22.6. The molecule has 1 aliphatic carbocycles. The maximum absolute atomic E-state index is 12.9. The SMILES string of the molecule is C=O.CCC1CCC(c2ccc(-c3ccc4c(c3)OCCN4C(=O)Nc3ccccc3)cc2)CC1. The van der Waals surface area contributed by atoms with Crippen LogP contribution >= 0.6 is 0 Å². The van der Waals surface area contributed by atoms with Crippen molar-refractivity contribution in [1.82, 2.24) is 0 Å². The fourth-order valence-corrected chi connectivity index (χ4v) is 5.17. The highest BCUT2D eigenvalue weighted by atomic mass is 16.5. The quantitative estimate of drug-likeness (QED) is 0.436. The molecule has 1 fully saturated rings. The van der Waals surface area contributed by atoms with Gasteiger partial charge in [-0.05, 0) is 78.5 Å². The third-order valence-corrected chi connectivity index (χ3v) is 7.23. The standard InChI is InChI=1S/C29H32N2O2.CH2O/c1-2-21-8-10-22(11-9-21)23-12-14-24(15-13-23)25-16-17-27-28(20-25)33-19-18-31(27)29(32)30-26-6-4-3-5-7-26;1-2/h3-7,12-17,20-22H,2,8-11,18-19H2,1H3,(H,30,32);1H2. The lowest BCUT2D eigenvalue weighted by atomic mass is 9.77. The first kappa shape index (κ1) is 24.5. The van der Waals surface area contributed by atoms with Crippen LogP contribution in [0.2, 0.25) is 0 Å². The summed E-state index contributed by atoms with van der Waals surface area (Å²) in [5.41, 5.74) is 5.35. The third-order valence-electron chi connectivity index (χ3n) is 7.23. The minimum Gasteiger partial charge on any atom is -0.490 e. The van der Waals surface area contributed by atoms with E-state index in [0.29, 0.717) is 19.1 Å². The Morgan fingerprint density at radius 3 is 2.31 bits per heavy atom. The molecule has 5 heteroatoms. The van der Waals surface area contributed by atoms with Gasteiger partial charge in [-0.3, -0.25) is 4.90 Å². The van der Waals surface area contributed by atoms with E-state index in [1.807, 2.05) is 43.2 Å². The Morgan fingerprint density at radius 2 is 1.63 bits per heavy atom. The van der Waals surface area contributed by atoms with Crippen molar-refractivity contribution >= 4 is 24.2 Å². The molecule has 3 aromatic carbocycles. The predicted molar refractivity (Wildman–Crippen MR) is 142 cm³/mol. The summed E-state index contributed by atoms with van der Waals surface area (Å²) in [7, 11) is 0. The molecule has 1 heterocycles. The van der Waals surface area contributed by atoms with Gasteiger partial charge < -0.3 is 14.8 Å². The fraction of sp³-hybridized carbons (Fsp3) is 0.333. The lowest BCUT2D eigenvalue weighted by Crippen LogP contribution is -2.40. The molecule has 182 valence electrons. The molecule has 0 spiro atoms. The maximum Gasteiger partial charge on any atom is 0.326 e. The van der Waals surface area contributed by atoms with Gasteiger partial charge in [-0.1, -0.05) is 61.9 Å². The number of rotatable bonds is 4. The van der Waals surface area contributed by atoms with Gasteiger partial charge in [0.25, 0.3) is 0 Å². The van der Waals surface area contributed by atoms with Gasteiger partial charge in [-0.2, -0.15) is 0 Å². The highest BCUT2D eigenvalue weighted by Gasteiger charge is 2.25. The molecule has 0 bridgehead atoms. The van der Waals surface area contributed by atoms with Crippen LogP contribution in [0.25, 0.3) is 11.1 Å². The van der Waals surface area contributed by atoms with Crippen LogP contribution in [-0.4, -0.2) is 26.0 Å². The number of urea groups is 1. The van der Waals surface area contributed by atoms with Gasteiger partial charge in [0.15, 0.2) is 0 Å². The lowest BCUT2D eigenvalue weighted by Gasteiger charge is -2.30. The van der Waals surface area contributed by atoms with Crippen LogP contribution < -0.4 is 15.0 Å². The Kier molecular flexibility index (Phi) is 8.19. The number of nitrogens with zero attached hydrogens (tertiary/aromatic N) is 1. The zero-order chi connectivity index (χ0) is 24.6. The van der Waals surface area contributed by atoms with Crippen LogP contribution in [0.1, 0.15) is 50.5 Å². The van der Waals surface area contributed by atoms with Gasteiger partial charge in [0.05, 0.1) is 12.2 Å². The Bertz CT molecular complexity index is 1110. The highest BCUT2D eigenvalue weighted by molar-refractivity contribution is 6.03. The van der Waals surface area contributed by atoms with E-state index in [1.54, 1.807) is 4.90 Å². The Labute approximate surface area is 208 Å². The second-order valence-electron chi connectivity index (χ2n) is 9.23. The number of para-hydroxylation sites is 1. The predicted octanol–water partition coefficient (Wildman–Crippen LogP) is 7.28. The number of nitrogens with one attached hydrogen (secondary N) is 1. The second kappa shape index (κ2) is 11.7. The molecule has 0 unspecified atom stereocenters. The molecule has 2 amide bonds. The van der Waals surface area contributed by atoms with E-state index < -0.39 is 0 Å². The Hall–Kier alpha value is -3.60. The van der Waals surface area contributed by atoms with E-state index in [-0.39, 0.29) is 6.03 Å². The third kappa shape index (κ3) is 5.73. The van der Waals surface area contributed by atoms with Crippen LogP contribution in [0, 0.1) is 5.92 Å². The van der Waals surface area contributed by atoms with Gasteiger partial charge >= 0.3 is 6.03 Å². The molecule has 35 heavy (non-hydrogen) atoms. The van der Waals surface area contributed by atoms with Crippen LogP contribution in [0.4, 0.5) is 16.2 Å². The summed E-state index contributed by atoms with van der Waals surface area (Å²) in [5.74, 6) is 2.37. The molecule has 1 N–H and O–H groups in total. The van der Waals surface area contributed by atoms with E-state index in [9.17, 15) is 4.79 Å². The van der Waals surface area contributed by atoms with Gasteiger partial charge in [0.1, 0.15) is 19.1 Å². The minimum absolute atomic E-state index is 0.138. The number of hydrogen-bond acceptors (Lipinski definition) is 3. The van der Waals surface area contributed by atoms with Gasteiger partial charge in [0.2, 0.25) is 0 Å². The first-order valence-electron chi connectivity index (χ1n) is 12.5. The first-order chi connectivity index (χ1) is 17.2. The summed E-state index contributed by atoms with van der Waals surface area (Å²) in [6.45, 7) is 5.33. The number of benzene rings is 3. The number of amides is 2. The van der Waals surface area contributed by atoms with Gasteiger partial charge in [-0.25, -0.2) is 4.79 Å². The second-order valence-corrected chi connectivity index (χ2v) is 9.23. The zero-order valence-corrected chi connectivity index (χ0v) is 20.4. The number of ether oxygens (including phenoxy) is 1. The van der Waals surface area contributed by atoms with Crippen LogP contribution in [-0.2, 0) is 4.79 Å². The maximum atomic E-state index is 12.9. The molecule has 0 saturated heterocycles. The molecule has 1 saturated carbocycles. The topological polar surface area (TPSA) is 58.6 Å². The van der Waals surface area contributed by atoms with Crippen LogP contribution in [0.3, 0.4) is 0 Å². The fourth-order valence-electron chi connectivity index (χ4n) is 5.17. The minimum atomic E-state index is -0.138. The molecule has 1 aliphatic heterocycles. The zero-order valence-electron chi connectivity index (χ0n) is 20.4. The normalized spacial score (nSPS) is 18.9. The van der Waals surface area contributed by atoms with E-state index in [4.69, 9.17) is 9.53 Å². The average Bonchev–Trinajstić information content (AvgIpc) is 2.94. The number of fused-ring (bicyclic) bond motifs is 1. The van der Waals surface area contributed by atoms with Crippen molar-refractivity contribution in [1.29, 1.82) is 0 Å². The average molecular weight is 471 g/mol. The first-order valence-corrected chi connectivity index (χ1v) is 12.5. The smallest absolute Gasteiger partial charge is 0.326 e. The van der Waals surface area contributed by atoms with E-state index in [2.05, 4.69) is 48.6 Å². The van der Waals surface area contributed by atoms with Crippen molar-refractivity contribution in [3.8, 4) is 16.9 Å². The van der Waals surface area contributed by atoms with Crippen molar-refractivity contribution in [2.45, 2.75) is 44.9 Å². The van der Waals surface area contributed by atoms with Crippen LogP contribution in [0.5, 0.6) is 5.75 Å². The largest absolute Gasteiger partial charge is 0.490 e. The number of carbonyl (C=O) groups excluding carboxylic acids is 2. The monoisotopic (exact) mass is 470 g/mol. The van der Waals surface area contributed by atoms with Crippen molar-refractivity contribution in [3.05, 3.63) is 78.4 Å². The molecule has 0 aromatic heterocycles. The molecular formula is C30H34N2O3. The number of carbonyl (C=O) groups is 2. The lowest BCUT2D eigenvalue weighted by molar-refractivity contribution is -0.0980. The molecule has 0 radical (unpaired) electrons.